The Hall–Kier alpha value is -1.73. The third-order valence-electron chi connectivity index (χ3n) is 2.75. The molecule has 0 aliphatic carbocycles. The van der Waals surface area contributed by atoms with E-state index in [9.17, 15) is 9.59 Å². The smallest absolute Gasteiger partial charge is 0.326 e. The number of amides is 1. The number of nitrogens with one attached hydrogen (secondary N) is 1. The molecule has 0 unspecified atom stereocenters. The summed E-state index contributed by atoms with van der Waals surface area (Å²) in [4.78, 5) is 28.9. The first-order valence-electron chi connectivity index (χ1n) is 6.08. The van der Waals surface area contributed by atoms with Gasteiger partial charge in [0, 0.05) is 0 Å². The van der Waals surface area contributed by atoms with Gasteiger partial charge in [-0.1, -0.05) is 13.0 Å². The van der Waals surface area contributed by atoms with Gasteiger partial charge in [0.15, 0.2) is 0 Å². The third-order valence-corrected chi connectivity index (χ3v) is 4.94. The van der Waals surface area contributed by atoms with Gasteiger partial charge in [-0.3, -0.25) is 4.79 Å². The highest BCUT2D eigenvalue weighted by Gasteiger charge is 2.22. The zero-order valence-corrected chi connectivity index (χ0v) is 12.7. The summed E-state index contributed by atoms with van der Waals surface area (Å²) in [5.41, 5.74) is 0.621. The van der Waals surface area contributed by atoms with Crippen molar-refractivity contribution in [3.8, 4) is 9.88 Å². The van der Waals surface area contributed by atoms with Crippen LogP contribution in [0.1, 0.15) is 28.7 Å². The molecular weight excluding hydrogens is 296 g/mol. The molecular formula is C13H14N2O3S2. The topological polar surface area (TPSA) is 79.3 Å². The Morgan fingerprint density at radius 2 is 2.25 bits per heavy atom. The fraction of sp³-hybridized carbons (Fsp3) is 0.308. The minimum Gasteiger partial charge on any atom is -0.480 e. The molecule has 7 heteroatoms. The standard InChI is InChI=1S/C13H14N2O3S2/c1-3-8(13(17)18)15-11(16)10-7(2)14-12(20-10)9-5-4-6-19-9/h4-6,8H,3H2,1-2H3,(H,15,16)(H,17,18)/t8-/m0/s1. The van der Waals surface area contributed by atoms with Crippen LogP contribution in [0.4, 0.5) is 0 Å². The van der Waals surface area contributed by atoms with E-state index in [0.29, 0.717) is 17.0 Å². The second kappa shape index (κ2) is 6.15. The van der Waals surface area contributed by atoms with Crippen molar-refractivity contribution in [1.82, 2.24) is 10.3 Å². The molecule has 0 fully saturated rings. The molecule has 0 saturated carbocycles. The summed E-state index contributed by atoms with van der Waals surface area (Å²) in [6.45, 7) is 3.47. The van der Waals surface area contributed by atoms with Crippen molar-refractivity contribution >= 4 is 34.6 Å². The zero-order chi connectivity index (χ0) is 14.7. The molecule has 2 aromatic heterocycles. The number of nitrogens with zero attached hydrogens (tertiary/aromatic N) is 1. The molecule has 20 heavy (non-hydrogen) atoms. The molecule has 0 saturated heterocycles. The molecule has 2 rings (SSSR count). The minimum absolute atomic E-state index is 0.344. The number of aryl methyl sites for hydroxylation is 1. The lowest BCUT2D eigenvalue weighted by atomic mass is 10.2. The number of hydrogen-bond acceptors (Lipinski definition) is 5. The number of carboxylic acid groups (broad SMARTS) is 1. The average Bonchev–Trinajstić information content (AvgIpc) is 3.03. The van der Waals surface area contributed by atoms with E-state index in [1.54, 1.807) is 25.2 Å². The van der Waals surface area contributed by atoms with Crippen molar-refractivity contribution < 1.29 is 14.7 Å². The molecule has 0 radical (unpaired) electrons. The SMILES string of the molecule is CC[C@H](NC(=O)c1sc(-c2cccs2)nc1C)C(=O)O. The van der Waals surface area contributed by atoms with Gasteiger partial charge in [0.05, 0.1) is 10.6 Å². The van der Waals surface area contributed by atoms with Crippen LogP contribution < -0.4 is 5.32 Å². The van der Waals surface area contributed by atoms with E-state index in [-0.39, 0.29) is 5.91 Å². The molecule has 0 aromatic carbocycles. The second-order valence-electron chi connectivity index (χ2n) is 4.18. The predicted molar refractivity (Wildman–Crippen MR) is 79.3 cm³/mol. The van der Waals surface area contributed by atoms with Crippen molar-refractivity contribution in [2.24, 2.45) is 0 Å². The second-order valence-corrected chi connectivity index (χ2v) is 6.13. The monoisotopic (exact) mass is 310 g/mol. The van der Waals surface area contributed by atoms with Gasteiger partial charge >= 0.3 is 5.97 Å². The summed E-state index contributed by atoms with van der Waals surface area (Å²) >= 11 is 2.84. The van der Waals surface area contributed by atoms with E-state index in [0.717, 1.165) is 9.88 Å². The Bertz CT molecular complexity index is 620. The maximum atomic E-state index is 12.1. The van der Waals surface area contributed by atoms with Crippen molar-refractivity contribution in [2.45, 2.75) is 26.3 Å². The first-order chi connectivity index (χ1) is 9.52. The summed E-state index contributed by atoms with van der Waals surface area (Å²) < 4.78 is 0. The first-order valence-corrected chi connectivity index (χ1v) is 7.77. The van der Waals surface area contributed by atoms with E-state index in [4.69, 9.17) is 5.11 Å². The molecule has 2 aromatic rings. The van der Waals surface area contributed by atoms with E-state index < -0.39 is 12.0 Å². The van der Waals surface area contributed by atoms with Gasteiger partial charge in [-0.15, -0.1) is 22.7 Å². The van der Waals surface area contributed by atoms with Crippen molar-refractivity contribution in [1.29, 1.82) is 0 Å². The molecule has 0 aliphatic rings. The number of rotatable bonds is 5. The van der Waals surface area contributed by atoms with Gasteiger partial charge < -0.3 is 10.4 Å². The molecule has 2 heterocycles. The van der Waals surface area contributed by atoms with Crippen LogP contribution in [-0.4, -0.2) is 28.0 Å². The molecule has 0 spiro atoms. The number of carbonyl (C=O) groups is 2. The Morgan fingerprint density at radius 3 is 2.80 bits per heavy atom. The van der Waals surface area contributed by atoms with Crippen LogP contribution in [0.2, 0.25) is 0 Å². The van der Waals surface area contributed by atoms with Crippen LogP contribution in [0.5, 0.6) is 0 Å². The lowest BCUT2D eigenvalue weighted by molar-refractivity contribution is -0.139. The van der Waals surface area contributed by atoms with Gasteiger partial charge in [-0.2, -0.15) is 0 Å². The predicted octanol–water partition coefficient (Wildman–Crippen LogP) is 2.77. The van der Waals surface area contributed by atoms with Crippen LogP contribution >= 0.6 is 22.7 Å². The molecule has 5 nitrogen and oxygen atoms in total. The Balaban J connectivity index is 2.21. The average molecular weight is 310 g/mol. The summed E-state index contributed by atoms with van der Waals surface area (Å²) in [6.07, 6.45) is 0.344. The van der Waals surface area contributed by atoms with Crippen LogP contribution in [0, 0.1) is 6.92 Å². The number of hydrogen-bond donors (Lipinski definition) is 2. The Kier molecular flexibility index (Phi) is 4.51. The van der Waals surface area contributed by atoms with Gasteiger partial charge in [-0.25, -0.2) is 9.78 Å². The molecule has 1 amide bonds. The number of carboxylic acids is 1. The highest BCUT2D eigenvalue weighted by molar-refractivity contribution is 7.22. The normalized spacial score (nSPS) is 12.1. The van der Waals surface area contributed by atoms with Crippen molar-refractivity contribution in [3.05, 3.63) is 28.1 Å². The number of aromatic nitrogens is 1. The summed E-state index contributed by atoms with van der Waals surface area (Å²) in [7, 11) is 0. The number of thiophene rings is 1. The lowest BCUT2D eigenvalue weighted by Gasteiger charge is -2.11. The first kappa shape index (κ1) is 14.7. The Labute approximate surface area is 124 Å². The number of aliphatic carboxylic acids is 1. The Morgan fingerprint density at radius 1 is 1.50 bits per heavy atom. The summed E-state index contributed by atoms with van der Waals surface area (Å²) in [5, 5.41) is 14.2. The summed E-state index contributed by atoms with van der Waals surface area (Å²) in [5.74, 6) is -1.40. The fourth-order valence-electron chi connectivity index (χ4n) is 1.67. The number of carbonyl (C=O) groups excluding carboxylic acids is 1. The highest BCUT2D eigenvalue weighted by atomic mass is 32.1. The van der Waals surface area contributed by atoms with Crippen molar-refractivity contribution in [3.63, 3.8) is 0 Å². The van der Waals surface area contributed by atoms with E-state index in [2.05, 4.69) is 10.3 Å². The minimum atomic E-state index is -1.03. The molecule has 2 N–H and O–H groups in total. The van der Waals surface area contributed by atoms with Crippen molar-refractivity contribution in [2.75, 3.05) is 0 Å². The van der Waals surface area contributed by atoms with E-state index in [1.165, 1.54) is 11.3 Å². The molecule has 0 bridgehead atoms. The van der Waals surface area contributed by atoms with E-state index >= 15 is 0 Å². The molecule has 0 aliphatic heterocycles. The maximum Gasteiger partial charge on any atom is 0.326 e. The van der Waals surface area contributed by atoms with Gasteiger partial charge in [0.25, 0.3) is 5.91 Å². The zero-order valence-electron chi connectivity index (χ0n) is 11.0. The van der Waals surface area contributed by atoms with Crippen LogP contribution in [-0.2, 0) is 4.79 Å². The lowest BCUT2D eigenvalue weighted by Crippen LogP contribution is -2.40. The highest BCUT2D eigenvalue weighted by Crippen LogP contribution is 2.31. The van der Waals surface area contributed by atoms with E-state index in [1.807, 2.05) is 17.5 Å². The third kappa shape index (κ3) is 3.05. The number of thiazole rings is 1. The molecule has 106 valence electrons. The van der Waals surface area contributed by atoms with Gasteiger partial charge in [-0.05, 0) is 24.8 Å². The van der Waals surface area contributed by atoms with Crippen LogP contribution in [0.15, 0.2) is 17.5 Å². The fourth-order valence-corrected chi connectivity index (χ4v) is 3.44. The van der Waals surface area contributed by atoms with Crippen LogP contribution in [0.3, 0.4) is 0 Å². The maximum absolute atomic E-state index is 12.1. The van der Waals surface area contributed by atoms with Crippen LogP contribution in [0.25, 0.3) is 9.88 Å². The summed E-state index contributed by atoms with van der Waals surface area (Å²) in [6, 6.07) is 3.00. The van der Waals surface area contributed by atoms with Gasteiger partial charge in [0.2, 0.25) is 0 Å². The molecule has 1 atom stereocenters. The quantitative estimate of drug-likeness (QED) is 0.890. The van der Waals surface area contributed by atoms with Gasteiger partial charge in [0.1, 0.15) is 15.9 Å². The largest absolute Gasteiger partial charge is 0.480 e.